The molecular weight excluding hydrogens is 186 g/mol. The van der Waals surface area contributed by atoms with Crippen LogP contribution < -0.4 is 0 Å². The molecule has 1 atom stereocenters. The Kier molecular flexibility index (Phi) is 5.26. The standard InChI is InChI=1S/C13H25NO/c1-8-10(3)13(15,11(4)9-2)12(5)14(6)7/h8-9,12,15H,1-7H3/b10-8+,11-9+. The van der Waals surface area contributed by atoms with Gasteiger partial charge < -0.3 is 10.0 Å². The van der Waals surface area contributed by atoms with Crippen LogP contribution in [0.25, 0.3) is 0 Å². The monoisotopic (exact) mass is 211 g/mol. The predicted molar refractivity (Wildman–Crippen MR) is 67.0 cm³/mol. The molecule has 0 bridgehead atoms. The number of likely N-dealkylation sites (N-methyl/N-ethyl adjacent to an activating group) is 1. The molecular formula is C13H25NO. The maximum absolute atomic E-state index is 10.8. The van der Waals surface area contributed by atoms with Gasteiger partial charge in [-0.3, -0.25) is 0 Å². The fraction of sp³-hybridized carbons (Fsp3) is 0.692. The zero-order valence-corrected chi connectivity index (χ0v) is 11.1. The summed E-state index contributed by atoms with van der Waals surface area (Å²) in [5.41, 5.74) is 1.14. The van der Waals surface area contributed by atoms with Crippen molar-refractivity contribution in [1.82, 2.24) is 4.90 Å². The lowest BCUT2D eigenvalue weighted by atomic mass is 9.80. The van der Waals surface area contributed by atoms with Crippen LogP contribution in [0.1, 0.15) is 34.6 Å². The van der Waals surface area contributed by atoms with Gasteiger partial charge in [0.15, 0.2) is 0 Å². The Hall–Kier alpha value is -0.600. The molecule has 0 fully saturated rings. The van der Waals surface area contributed by atoms with E-state index in [0.29, 0.717) is 0 Å². The van der Waals surface area contributed by atoms with Crippen molar-refractivity contribution in [2.75, 3.05) is 14.1 Å². The van der Waals surface area contributed by atoms with E-state index in [0.717, 1.165) is 11.1 Å². The molecule has 0 heterocycles. The first-order valence-corrected chi connectivity index (χ1v) is 5.47. The molecule has 0 aromatic carbocycles. The molecule has 15 heavy (non-hydrogen) atoms. The van der Waals surface area contributed by atoms with Gasteiger partial charge in [-0.1, -0.05) is 12.2 Å². The van der Waals surface area contributed by atoms with E-state index in [-0.39, 0.29) is 6.04 Å². The van der Waals surface area contributed by atoms with E-state index in [2.05, 4.69) is 0 Å². The van der Waals surface area contributed by atoms with Gasteiger partial charge in [0, 0.05) is 6.04 Å². The number of allylic oxidation sites excluding steroid dienone is 2. The lowest BCUT2D eigenvalue weighted by Gasteiger charge is -2.40. The van der Waals surface area contributed by atoms with Gasteiger partial charge in [0.25, 0.3) is 0 Å². The van der Waals surface area contributed by atoms with Crippen LogP contribution in [0, 0.1) is 0 Å². The van der Waals surface area contributed by atoms with Crippen LogP contribution in [0.5, 0.6) is 0 Å². The molecule has 2 heteroatoms. The van der Waals surface area contributed by atoms with Gasteiger partial charge in [-0.05, 0) is 59.9 Å². The number of aliphatic hydroxyl groups is 1. The molecule has 1 unspecified atom stereocenters. The Balaban J connectivity index is 5.41. The highest BCUT2D eigenvalue weighted by Gasteiger charge is 2.37. The largest absolute Gasteiger partial charge is 0.379 e. The van der Waals surface area contributed by atoms with E-state index in [4.69, 9.17) is 0 Å². The molecule has 0 saturated carbocycles. The van der Waals surface area contributed by atoms with E-state index in [1.807, 2.05) is 65.8 Å². The third-order valence-corrected chi connectivity index (χ3v) is 3.45. The summed E-state index contributed by atoms with van der Waals surface area (Å²) in [6, 6.07) is 0.0601. The second-order valence-electron chi connectivity index (χ2n) is 4.35. The van der Waals surface area contributed by atoms with Crippen molar-refractivity contribution in [2.24, 2.45) is 0 Å². The number of rotatable bonds is 4. The van der Waals surface area contributed by atoms with Crippen LogP contribution in [-0.2, 0) is 0 Å². The molecule has 0 aliphatic heterocycles. The zero-order valence-electron chi connectivity index (χ0n) is 11.1. The molecule has 0 aliphatic carbocycles. The predicted octanol–water partition coefficient (Wildman–Crippen LogP) is 2.60. The van der Waals surface area contributed by atoms with E-state index in [1.54, 1.807) is 0 Å². The molecule has 0 aromatic rings. The van der Waals surface area contributed by atoms with E-state index < -0.39 is 5.60 Å². The molecule has 2 nitrogen and oxygen atoms in total. The first-order chi connectivity index (χ1) is 6.82. The van der Waals surface area contributed by atoms with Crippen molar-refractivity contribution in [3.05, 3.63) is 23.3 Å². The molecule has 0 aromatic heterocycles. The summed E-state index contributed by atoms with van der Waals surface area (Å²) in [6.45, 7) is 9.93. The van der Waals surface area contributed by atoms with Crippen molar-refractivity contribution >= 4 is 0 Å². The molecule has 0 saturated heterocycles. The quantitative estimate of drug-likeness (QED) is 0.723. The van der Waals surface area contributed by atoms with Crippen molar-refractivity contribution in [2.45, 2.75) is 46.3 Å². The van der Waals surface area contributed by atoms with Gasteiger partial charge >= 0.3 is 0 Å². The minimum absolute atomic E-state index is 0.0601. The fourth-order valence-electron chi connectivity index (χ4n) is 1.78. The Morgan fingerprint density at radius 3 is 1.67 bits per heavy atom. The van der Waals surface area contributed by atoms with Gasteiger partial charge in [-0.2, -0.15) is 0 Å². The lowest BCUT2D eigenvalue weighted by molar-refractivity contribution is 0.0367. The van der Waals surface area contributed by atoms with Crippen LogP contribution in [0.3, 0.4) is 0 Å². The highest BCUT2D eigenvalue weighted by molar-refractivity contribution is 5.32. The van der Waals surface area contributed by atoms with Crippen molar-refractivity contribution in [1.29, 1.82) is 0 Å². The molecule has 0 rings (SSSR count). The second kappa shape index (κ2) is 5.47. The van der Waals surface area contributed by atoms with Gasteiger partial charge in [0.1, 0.15) is 5.60 Å². The number of hydrogen-bond donors (Lipinski definition) is 1. The van der Waals surface area contributed by atoms with Crippen LogP contribution >= 0.6 is 0 Å². The zero-order chi connectivity index (χ0) is 12.2. The van der Waals surface area contributed by atoms with Crippen molar-refractivity contribution in [3.8, 4) is 0 Å². The maximum atomic E-state index is 10.8. The maximum Gasteiger partial charge on any atom is 0.121 e. The highest BCUT2D eigenvalue weighted by atomic mass is 16.3. The number of nitrogens with zero attached hydrogens (tertiary/aromatic N) is 1. The fourth-order valence-corrected chi connectivity index (χ4v) is 1.78. The summed E-state index contributed by atoms with van der Waals surface area (Å²) >= 11 is 0. The average Bonchev–Trinajstić information content (AvgIpc) is 2.24. The van der Waals surface area contributed by atoms with Crippen molar-refractivity contribution in [3.63, 3.8) is 0 Å². The molecule has 0 amide bonds. The van der Waals surface area contributed by atoms with Crippen LogP contribution in [0.15, 0.2) is 23.3 Å². The SMILES string of the molecule is C/C=C(\C)C(O)(/C(C)=C/C)C(C)N(C)C. The Morgan fingerprint density at radius 2 is 1.47 bits per heavy atom. The Morgan fingerprint density at radius 1 is 1.13 bits per heavy atom. The molecule has 0 radical (unpaired) electrons. The first-order valence-electron chi connectivity index (χ1n) is 5.47. The minimum Gasteiger partial charge on any atom is -0.379 e. The Labute approximate surface area is 94.3 Å². The molecule has 88 valence electrons. The number of hydrogen-bond acceptors (Lipinski definition) is 2. The highest BCUT2D eigenvalue weighted by Crippen LogP contribution is 2.31. The van der Waals surface area contributed by atoms with Gasteiger partial charge in [-0.15, -0.1) is 0 Å². The Bertz CT molecular complexity index is 246. The summed E-state index contributed by atoms with van der Waals surface area (Å²) in [4.78, 5) is 2.04. The molecule has 1 N–H and O–H groups in total. The van der Waals surface area contributed by atoms with Crippen LogP contribution in [0.2, 0.25) is 0 Å². The van der Waals surface area contributed by atoms with Crippen LogP contribution in [0.4, 0.5) is 0 Å². The summed E-state index contributed by atoms with van der Waals surface area (Å²) in [6.07, 6.45) is 3.96. The molecule has 0 aliphatic rings. The van der Waals surface area contributed by atoms with Gasteiger partial charge in [0.05, 0.1) is 0 Å². The summed E-state index contributed by atoms with van der Waals surface area (Å²) in [7, 11) is 3.98. The van der Waals surface area contributed by atoms with E-state index in [1.165, 1.54) is 0 Å². The van der Waals surface area contributed by atoms with Crippen molar-refractivity contribution < 1.29 is 5.11 Å². The topological polar surface area (TPSA) is 23.5 Å². The van der Waals surface area contributed by atoms with Gasteiger partial charge in [-0.25, -0.2) is 0 Å². The molecule has 0 spiro atoms. The van der Waals surface area contributed by atoms with E-state index in [9.17, 15) is 5.11 Å². The normalized spacial score (nSPS) is 20.3. The van der Waals surface area contributed by atoms with Crippen LogP contribution in [-0.4, -0.2) is 35.7 Å². The third kappa shape index (κ3) is 2.70. The first kappa shape index (κ1) is 14.4. The van der Waals surface area contributed by atoms with E-state index >= 15 is 0 Å². The lowest BCUT2D eigenvalue weighted by Crippen LogP contribution is -2.50. The second-order valence-corrected chi connectivity index (χ2v) is 4.35. The van der Waals surface area contributed by atoms with Gasteiger partial charge in [0.2, 0.25) is 0 Å². The summed E-state index contributed by atoms with van der Waals surface area (Å²) in [5, 5.41) is 10.8. The minimum atomic E-state index is -0.854. The average molecular weight is 211 g/mol. The summed E-state index contributed by atoms with van der Waals surface area (Å²) in [5.74, 6) is 0. The third-order valence-electron chi connectivity index (χ3n) is 3.45. The summed E-state index contributed by atoms with van der Waals surface area (Å²) < 4.78 is 0. The smallest absolute Gasteiger partial charge is 0.121 e.